The number of furan rings is 1. The van der Waals surface area contributed by atoms with E-state index in [0.717, 1.165) is 25.1 Å². The van der Waals surface area contributed by atoms with E-state index in [1.54, 1.807) is 0 Å². The van der Waals surface area contributed by atoms with Gasteiger partial charge in [0.2, 0.25) is 5.76 Å². The van der Waals surface area contributed by atoms with Gasteiger partial charge in [-0.05, 0) is 96.6 Å². The molecule has 1 N–H and O–H groups in total. The van der Waals surface area contributed by atoms with E-state index in [-0.39, 0.29) is 17.4 Å². The molecule has 196 valence electrons. The lowest BCUT2D eigenvalue weighted by Gasteiger charge is -2.32. The molecule has 1 fully saturated rings. The van der Waals surface area contributed by atoms with E-state index in [9.17, 15) is 4.79 Å². The van der Waals surface area contributed by atoms with Crippen molar-refractivity contribution in [2.24, 2.45) is 10.4 Å². The molecule has 1 amide bonds. The Bertz CT molecular complexity index is 1000. The van der Waals surface area contributed by atoms with E-state index < -0.39 is 5.60 Å². The average Bonchev–Trinajstić information content (AvgIpc) is 3.52. The minimum atomic E-state index is -0.544. The first kappa shape index (κ1) is 27.9. The normalized spacial score (nSPS) is 18.1. The molecule has 0 atom stereocenters. The van der Waals surface area contributed by atoms with Crippen molar-refractivity contribution < 1.29 is 13.9 Å². The molecule has 1 aromatic heterocycles. The highest BCUT2D eigenvalue weighted by molar-refractivity contribution is 6.01. The topological polar surface area (TPSA) is 90.9 Å². The molecule has 0 saturated heterocycles. The van der Waals surface area contributed by atoms with Gasteiger partial charge in [0.15, 0.2) is 5.76 Å². The van der Waals surface area contributed by atoms with Crippen molar-refractivity contribution in [1.29, 1.82) is 5.26 Å². The van der Waals surface area contributed by atoms with Gasteiger partial charge in [0, 0.05) is 13.2 Å². The molecule has 7 heteroatoms. The van der Waals surface area contributed by atoms with Gasteiger partial charge in [-0.15, -0.1) is 0 Å². The number of nitrogens with one attached hydrogen (secondary N) is 1. The fourth-order valence-electron chi connectivity index (χ4n) is 5.06. The van der Waals surface area contributed by atoms with Crippen molar-refractivity contribution in [1.82, 2.24) is 10.2 Å². The van der Waals surface area contributed by atoms with Crippen LogP contribution in [0.4, 0.5) is 0 Å². The maximum atomic E-state index is 12.3. The lowest BCUT2D eigenvalue weighted by atomic mass is 9.74. The van der Waals surface area contributed by atoms with Gasteiger partial charge in [0.05, 0.1) is 12.3 Å². The molecular weight excluding hydrogens is 452 g/mol. The Balaban J connectivity index is 1.62. The Hall–Kier alpha value is -2.69. The molecule has 0 aromatic carbocycles. The monoisotopic (exact) mass is 494 g/mol. The van der Waals surface area contributed by atoms with Gasteiger partial charge in [0.25, 0.3) is 5.91 Å². The van der Waals surface area contributed by atoms with Gasteiger partial charge >= 0.3 is 0 Å². The molecule has 0 radical (unpaired) electrons. The van der Waals surface area contributed by atoms with Gasteiger partial charge in [0.1, 0.15) is 11.7 Å². The number of carbonyl (C=O) groups excluding carboxylic acids is 1. The van der Waals surface area contributed by atoms with Crippen LogP contribution >= 0.6 is 0 Å². The third kappa shape index (κ3) is 8.18. The number of hydrogen-bond acceptors (Lipinski definition) is 6. The van der Waals surface area contributed by atoms with E-state index in [1.807, 2.05) is 18.2 Å². The molecule has 1 aromatic rings. The molecule has 0 aliphatic heterocycles. The Labute approximate surface area is 216 Å². The number of carbonyl (C=O) groups is 1. The summed E-state index contributed by atoms with van der Waals surface area (Å²) in [4.78, 5) is 19.4. The second-order valence-electron chi connectivity index (χ2n) is 10.9. The number of nitriles is 1. The summed E-state index contributed by atoms with van der Waals surface area (Å²) in [5.41, 5.74) is 2.30. The number of allylic oxidation sites excluding steroid dienone is 1. The van der Waals surface area contributed by atoms with Crippen molar-refractivity contribution in [3.8, 4) is 6.07 Å². The average molecular weight is 495 g/mol. The first-order chi connectivity index (χ1) is 17.2. The molecule has 36 heavy (non-hydrogen) atoms. The second kappa shape index (κ2) is 13.0. The van der Waals surface area contributed by atoms with Crippen LogP contribution in [0.3, 0.4) is 0 Å². The van der Waals surface area contributed by atoms with Crippen molar-refractivity contribution in [2.75, 3.05) is 40.3 Å². The zero-order valence-electron chi connectivity index (χ0n) is 22.4. The summed E-state index contributed by atoms with van der Waals surface area (Å²) in [7, 11) is 4.12. The zero-order valence-corrected chi connectivity index (χ0v) is 22.4. The Morgan fingerprint density at radius 2 is 2.08 bits per heavy atom. The molecule has 7 nitrogen and oxygen atoms in total. The lowest BCUT2D eigenvalue weighted by molar-refractivity contribution is 0.0312. The van der Waals surface area contributed by atoms with Crippen LogP contribution in [0.2, 0.25) is 0 Å². The quantitative estimate of drug-likeness (QED) is 0.242. The van der Waals surface area contributed by atoms with Crippen LogP contribution in [-0.2, 0) is 4.74 Å². The van der Waals surface area contributed by atoms with Crippen LogP contribution in [0, 0.1) is 16.7 Å². The zero-order chi connectivity index (χ0) is 26.0. The van der Waals surface area contributed by atoms with Crippen LogP contribution in [-0.4, -0.2) is 62.5 Å². The maximum Gasteiger partial charge on any atom is 0.287 e. The van der Waals surface area contributed by atoms with E-state index in [1.165, 1.54) is 56.2 Å². The van der Waals surface area contributed by atoms with Crippen LogP contribution in [0.25, 0.3) is 0 Å². The van der Waals surface area contributed by atoms with Gasteiger partial charge in [-0.3, -0.25) is 9.79 Å². The number of ether oxygens (including phenoxy) is 1. The van der Waals surface area contributed by atoms with Gasteiger partial charge in [-0.2, -0.15) is 5.26 Å². The lowest BCUT2D eigenvalue weighted by Crippen LogP contribution is -2.35. The van der Waals surface area contributed by atoms with E-state index >= 15 is 0 Å². The van der Waals surface area contributed by atoms with E-state index in [0.29, 0.717) is 25.1 Å². The fourth-order valence-corrected chi connectivity index (χ4v) is 5.06. The summed E-state index contributed by atoms with van der Waals surface area (Å²) < 4.78 is 11.4. The van der Waals surface area contributed by atoms with Crippen LogP contribution in [0.5, 0.6) is 0 Å². The minimum Gasteiger partial charge on any atom is -0.440 e. The first-order valence-corrected chi connectivity index (χ1v) is 13.2. The van der Waals surface area contributed by atoms with Crippen LogP contribution < -0.4 is 5.32 Å². The molecule has 1 saturated carbocycles. The van der Waals surface area contributed by atoms with Crippen LogP contribution in [0.15, 0.2) is 45.3 Å². The number of amides is 1. The highest BCUT2D eigenvalue weighted by Crippen LogP contribution is 2.48. The van der Waals surface area contributed by atoms with Gasteiger partial charge in [-0.1, -0.05) is 30.6 Å². The van der Waals surface area contributed by atoms with Crippen molar-refractivity contribution in [2.45, 2.75) is 70.8 Å². The standard InChI is InChI=1S/C29H42N4O3/c1-28(2,35-20-8-19-33(3)4)26(9-7-18-31-27(34)25-11-10-24(21-30)36-25)32-22-23-12-16-29(17-13-23)14-5-6-15-29/h7,9-12H,5-6,8,13-20,22H2,1-4H3,(H,31,34)/b9-7-,32-26?. The molecule has 3 rings (SSSR count). The first-order valence-electron chi connectivity index (χ1n) is 13.2. The third-order valence-electron chi connectivity index (χ3n) is 7.34. The molecule has 1 spiro atoms. The van der Waals surface area contributed by atoms with Crippen molar-refractivity contribution >= 4 is 11.6 Å². The molecule has 0 unspecified atom stereocenters. The molecule has 1 heterocycles. The predicted molar refractivity (Wildman–Crippen MR) is 143 cm³/mol. The third-order valence-corrected chi connectivity index (χ3v) is 7.34. The molecule has 0 bridgehead atoms. The Kier molecular flexibility index (Phi) is 10.1. The summed E-state index contributed by atoms with van der Waals surface area (Å²) in [6.45, 7) is 6.75. The highest BCUT2D eigenvalue weighted by atomic mass is 16.5. The summed E-state index contributed by atoms with van der Waals surface area (Å²) in [5.74, 6) is -0.108. The molecular formula is C29H42N4O3. The number of nitrogens with zero attached hydrogens (tertiary/aromatic N) is 3. The summed E-state index contributed by atoms with van der Waals surface area (Å²) in [6.07, 6.45) is 16.4. The van der Waals surface area contributed by atoms with Gasteiger partial charge < -0.3 is 19.4 Å². The summed E-state index contributed by atoms with van der Waals surface area (Å²) in [5, 5.41) is 11.7. The SMILES string of the molecule is CN(C)CCCOC(C)(C)C(/C=C\CNC(=O)c1ccc(C#N)o1)=NCC1=CCC2(CCCC2)CC1. The van der Waals surface area contributed by atoms with Crippen molar-refractivity contribution in [3.05, 3.63) is 47.5 Å². The van der Waals surface area contributed by atoms with Crippen LogP contribution in [0.1, 0.15) is 81.5 Å². The molecule has 2 aliphatic rings. The Morgan fingerprint density at radius 3 is 2.72 bits per heavy atom. The van der Waals surface area contributed by atoms with Gasteiger partial charge in [-0.25, -0.2) is 0 Å². The largest absolute Gasteiger partial charge is 0.440 e. The highest BCUT2D eigenvalue weighted by Gasteiger charge is 2.34. The fraction of sp³-hybridized carbons (Fsp3) is 0.621. The maximum absolute atomic E-state index is 12.3. The second-order valence-corrected chi connectivity index (χ2v) is 10.9. The Morgan fingerprint density at radius 1 is 1.31 bits per heavy atom. The smallest absolute Gasteiger partial charge is 0.287 e. The predicted octanol–water partition coefficient (Wildman–Crippen LogP) is 5.30. The summed E-state index contributed by atoms with van der Waals surface area (Å²) >= 11 is 0. The van der Waals surface area contributed by atoms with Crippen molar-refractivity contribution in [3.63, 3.8) is 0 Å². The number of hydrogen-bond donors (Lipinski definition) is 1. The van der Waals surface area contributed by atoms with E-state index in [4.69, 9.17) is 19.4 Å². The number of rotatable bonds is 12. The summed E-state index contributed by atoms with van der Waals surface area (Å²) in [6, 6.07) is 4.87. The van der Waals surface area contributed by atoms with E-state index in [2.05, 4.69) is 44.2 Å². The minimum absolute atomic E-state index is 0.120. The number of aliphatic imine (C=N–C) groups is 1. The molecule has 2 aliphatic carbocycles.